The van der Waals surface area contributed by atoms with Crippen molar-refractivity contribution >= 4 is 22.7 Å². The molecule has 6 heteroatoms. The average Bonchev–Trinajstić information content (AvgIpc) is 3.46. The molecular weight excluding hydrogens is 332 g/mol. The van der Waals surface area contributed by atoms with Crippen molar-refractivity contribution < 1.29 is 19.7 Å². The van der Waals surface area contributed by atoms with Crippen molar-refractivity contribution in [3.63, 3.8) is 0 Å². The van der Waals surface area contributed by atoms with E-state index < -0.39 is 17.5 Å². The number of piperidine rings is 1. The molecule has 0 spiro atoms. The van der Waals surface area contributed by atoms with Gasteiger partial charge in [-0.3, -0.25) is 4.79 Å². The van der Waals surface area contributed by atoms with Crippen LogP contribution in [0.2, 0.25) is 0 Å². The first kappa shape index (κ1) is 17.1. The van der Waals surface area contributed by atoms with E-state index in [9.17, 15) is 15.0 Å². The Morgan fingerprint density at radius 1 is 1.31 bits per heavy atom. The molecule has 4 rings (SSSR count). The van der Waals surface area contributed by atoms with Crippen molar-refractivity contribution in [2.75, 3.05) is 25.1 Å². The largest absolute Gasteiger partial charge is 0.494 e. The van der Waals surface area contributed by atoms with Gasteiger partial charge in [0.15, 0.2) is 0 Å². The molecule has 1 saturated heterocycles. The summed E-state index contributed by atoms with van der Waals surface area (Å²) in [7, 11) is 1.62. The number of ether oxygens (including phenoxy) is 1. The summed E-state index contributed by atoms with van der Waals surface area (Å²) in [5, 5.41) is 21.4. The van der Waals surface area contributed by atoms with Crippen molar-refractivity contribution in [1.29, 1.82) is 0 Å². The van der Waals surface area contributed by atoms with E-state index in [1.807, 2.05) is 35.2 Å². The van der Waals surface area contributed by atoms with Gasteiger partial charge in [0.1, 0.15) is 22.5 Å². The number of hydrogen-bond acceptors (Lipinski definition) is 5. The Bertz CT molecular complexity index is 836. The second-order valence-electron chi connectivity index (χ2n) is 7.54. The highest BCUT2D eigenvalue weighted by molar-refractivity contribution is 5.86. The smallest absolute Gasteiger partial charge is 0.314 e. The lowest BCUT2D eigenvalue weighted by Gasteiger charge is -2.44. The van der Waals surface area contributed by atoms with Gasteiger partial charge < -0.3 is 19.8 Å². The summed E-state index contributed by atoms with van der Waals surface area (Å²) in [4.78, 5) is 18.8. The Kier molecular flexibility index (Phi) is 4.23. The zero-order valence-electron chi connectivity index (χ0n) is 14.9. The van der Waals surface area contributed by atoms with Gasteiger partial charge in [0.05, 0.1) is 13.2 Å². The number of carboxylic acids is 1. The van der Waals surface area contributed by atoms with E-state index in [-0.39, 0.29) is 6.54 Å². The first-order valence-electron chi connectivity index (χ1n) is 9.14. The van der Waals surface area contributed by atoms with Gasteiger partial charge in [-0.2, -0.15) is 0 Å². The number of pyridine rings is 1. The molecule has 0 bridgehead atoms. The summed E-state index contributed by atoms with van der Waals surface area (Å²) >= 11 is 0. The van der Waals surface area contributed by atoms with Gasteiger partial charge >= 0.3 is 5.97 Å². The average molecular weight is 356 g/mol. The minimum absolute atomic E-state index is 0.285. The summed E-state index contributed by atoms with van der Waals surface area (Å²) in [6.07, 6.45) is 2.29. The van der Waals surface area contributed by atoms with Gasteiger partial charge in [0.25, 0.3) is 0 Å². The quantitative estimate of drug-likeness (QED) is 0.857. The molecule has 2 aliphatic rings. The second-order valence-corrected chi connectivity index (χ2v) is 7.54. The number of rotatable bonds is 5. The summed E-state index contributed by atoms with van der Waals surface area (Å²) in [6, 6.07) is 9.67. The maximum Gasteiger partial charge on any atom is 0.314 e. The fourth-order valence-electron chi connectivity index (χ4n) is 4.06. The monoisotopic (exact) mass is 356 g/mol. The standard InChI is InChI=1S/C20H24N2O4/c1-26-15-4-2-3-14-7-8-17(21-18(14)15)22-10-9-16(23)20(12-22,19(24)25)11-13-5-6-13/h2-4,7-8,13,16,23H,5-6,9-12H2,1H3,(H,24,25)/t16-,20-/m0/s1. The van der Waals surface area contributed by atoms with E-state index in [2.05, 4.69) is 0 Å². The number of aliphatic carboxylic acids is 1. The topological polar surface area (TPSA) is 82.9 Å². The number of carboxylic acid groups (broad SMARTS) is 1. The molecular formula is C20H24N2O4. The number of carbonyl (C=O) groups is 1. The molecule has 26 heavy (non-hydrogen) atoms. The van der Waals surface area contributed by atoms with E-state index in [1.54, 1.807) is 7.11 Å². The summed E-state index contributed by atoms with van der Waals surface area (Å²) in [5.41, 5.74) is -0.349. The first-order chi connectivity index (χ1) is 12.5. The third-order valence-electron chi connectivity index (χ3n) is 5.77. The lowest BCUT2D eigenvalue weighted by Crippen LogP contribution is -2.56. The molecule has 138 valence electrons. The maximum atomic E-state index is 12.1. The normalized spacial score (nSPS) is 26.1. The summed E-state index contributed by atoms with van der Waals surface area (Å²) in [5.74, 6) is 0.949. The van der Waals surface area contributed by atoms with Crippen molar-refractivity contribution in [3.8, 4) is 5.75 Å². The molecule has 0 unspecified atom stereocenters. The van der Waals surface area contributed by atoms with Crippen LogP contribution in [0.1, 0.15) is 25.7 Å². The van der Waals surface area contributed by atoms with Gasteiger partial charge in [-0.05, 0) is 37.0 Å². The van der Waals surface area contributed by atoms with E-state index in [0.29, 0.717) is 31.1 Å². The van der Waals surface area contributed by atoms with Gasteiger partial charge in [-0.25, -0.2) is 4.98 Å². The van der Waals surface area contributed by atoms with Crippen LogP contribution in [-0.4, -0.2) is 47.5 Å². The van der Waals surface area contributed by atoms with Gasteiger partial charge in [-0.15, -0.1) is 0 Å². The molecule has 1 aliphatic heterocycles. The minimum Gasteiger partial charge on any atom is -0.494 e. The predicted octanol–water partition coefficient (Wildman–Crippen LogP) is 2.69. The van der Waals surface area contributed by atoms with Crippen LogP contribution in [0.4, 0.5) is 5.82 Å². The van der Waals surface area contributed by atoms with Crippen LogP contribution in [0.3, 0.4) is 0 Å². The number of aromatic nitrogens is 1. The van der Waals surface area contributed by atoms with Crippen LogP contribution >= 0.6 is 0 Å². The zero-order chi connectivity index (χ0) is 18.3. The van der Waals surface area contributed by atoms with Crippen LogP contribution in [-0.2, 0) is 4.79 Å². The van der Waals surface area contributed by atoms with Gasteiger partial charge in [0, 0.05) is 18.5 Å². The van der Waals surface area contributed by atoms with Crippen LogP contribution in [0.5, 0.6) is 5.75 Å². The van der Waals surface area contributed by atoms with E-state index in [0.717, 1.165) is 29.6 Å². The molecule has 2 fully saturated rings. The van der Waals surface area contributed by atoms with E-state index >= 15 is 0 Å². The molecule has 1 aromatic heterocycles. The fourth-order valence-corrected chi connectivity index (χ4v) is 4.06. The molecule has 0 radical (unpaired) electrons. The highest BCUT2D eigenvalue weighted by Crippen LogP contribution is 2.45. The van der Waals surface area contributed by atoms with E-state index in [1.165, 1.54) is 0 Å². The van der Waals surface area contributed by atoms with Crippen LogP contribution in [0.15, 0.2) is 30.3 Å². The van der Waals surface area contributed by atoms with Crippen molar-refractivity contribution in [2.24, 2.45) is 11.3 Å². The highest BCUT2D eigenvalue weighted by atomic mass is 16.5. The Hall–Kier alpha value is -2.34. The molecule has 1 aliphatic carbocycles. The third kappa shape index (κ3) is 2.88. The number of aliphatic hydroxyl groups is 1. The molecule has 2 N–H and O–H groups in total. The molecule has 1 aromatic carbocycles. The Labute approximate surface area is 152 Å². The Balaban J connectivity index is 1.69. The van der Waals surface area contributed by atoms with Crippen molar-refractivity contribution in [1.82, 2.24) is 4.98 Å². The van der Waals surface area contributed by atoms with Crippen LogP contribution < -0.4 is 9.64 Å². The number of hydrogen-bond donors (Lipinski definition) is 2. The first-order valence-corrected chi connectivity index (χ1v) is 9.14. The van der Waals surface area contributed by atoms with Gasteiger partial charge in [0.2, 0.25) is 0 Å². The molecule has 2 atom stereocenters. The Morgan fingerprint density at radius 3 is 2.81 bits per heavy atom. The number of anilines is 1. The Morgan fingerprint density at radius 2 is 2.12 bits per heavy atom. The molecule has 6 nitrogen and oxygen atoms in total. The lowest BCUT2D eigenvalue weighted by molar-refractivity contribution is -0.158. The predicted molar refractivity (Wildman–Crippen MR) is 98.5 cm³/mol. The molecule has 2 aromatic rings. The maximum absolute atomic E-state index is 12.1. The van der Waals surface area contributed by atoms with Crippen LogP contribution in [0.25, 0.3) is 10.9 Å². The van der Waals surface area contributed by atoms with Crippen molar-refractivity contribution in [2.45, 2.75) is 31.8 Å². The number of para-hydroxylation sites is 1. The molecule has 2 heterocycles. The van der Waals surface area contributed by atoms with Crippen molar-refractivity contribution in [3.05, 3.63) is 30.3 Å². The highest BCUT2D eigenvalue weighted by Gasteiger charge is 2.51. The molecule has 0 amide bonds. The molecule has 1 saturated carbocycles. The number of aliphatic hydroxyl groups excluding tert-OH is 1. The third-order valence-corrected chi connectivity index (χ3v) is 5.77. The summed E-state index contributed by atoms with van der Waals surface area (Å²) in [6.45, 7) is 0.877. The number of nitrogens with zero attached hydrogens (tertiary/aromatic N) is 2. The number of methoxy groups -OCH3 is 1. The lowest BCUT2D eigenvalue weighted by atomic mass is 9.73. The number of benzene rings is 1. The van der Waals surface area contributed by atoms with E-state index in [4.69, 9.17) is 9.72 Å². The number of fused-ring (bicyclic) bond motifs is 1. The zero-order valence-corrected chi connectivity index (χ0v) is 14.9. The second kappa shape index (κ2) is 6.43. The summed E-state index contributed by atoms with van der Waals surface area (Å²) < 4.78 is 5.41. The minimum atomic E-state index is -1.11. The SMILES string of the molecule is COc1cccc2ccc(N3CC[C@H](O)[C@@](CC4CC4)(C(=O)O)C3)nc12. The van der Waals surface area contributed by atoms with Gasteiger partial charge in [-0.1, -0.05) is 25.0 Å². The fraction of sp³-hybridized carbons (Fsp3) is 0.500. The van der Waals surface area contributed by atoms with Crippen LogP contribution in [0, 0.1) is 11.3 Å².